The first-order valence-electron chi connectivity index (χ1n) is 8.30. The number of hydrogen-bond acceptors (Lipinski definition) is 5. The lowest BCUT2D eigenvalue weighted by Gasteiger charge is -2.26. The molecular formula is C16H24N4O2. The number of nitrogens with zero attached hydrogens (tertiary/aromatic N) is 3. The molecule has 1 amide bonds. The fourth-order valence-corrected chi connectivity index (χ4v) is 3.02. The molecule has 1 aromatic heterocycles. The monoisotopic (exact) mass is 304 g/mol. The molecule has 0 aliphatic carbocycles. The molecule has 2 aliphatic rings. The van der Waals surface area contributed by atoms with Crippen LogP contribution in [0.15, 0.2) is 12.4 Å². The summed E-state index contributed by atoms with van der Waals surface area (Å²) in [5.41, 5.74) is 0.476. The molecule has 0 aromatic carbocycles. The minimum absolute atomic E-state index is 0.0130. The van der Waals surface area contributed by atoms with Gasteiger partial charge in [-0.25, -0.2) is 9.97 Å². The Kier molecular flexibility index (Phi) is 5.21. The predicted octanol–water partition coefficient (Wildman–Crippen LogP) is 2.08. The summed E-state index contributed by atoms with van der Waals surface area (Å²) in [6.45, 7) is 3.24. The molecular weight excluding hydrogens is 280 g/mol. The summed E-state index contributed by atoms with van der Waals surface area (Å²) in [6.07, 6.45) is 8.53. The van der Waals surface area contributed by atoms with E-state index >= 15 is 0 Å². The fourth-order valence-electron chi connectivity index (χ4n) is 3.02. The van der Waals surface area contributed by atoms with E-state index < -0.39 is 0 Å². The third kappa shape index (κ3) is 3.94. The number of likely N-dealkylation sites (tertiary alicyclic amines) is 1. The van der Waals surface area contributed by atoms with E-state index in [1.165, 1.54) is 19.2 Å². The molecule has 2 saturated heterocycles. The van der Waals surface area contributed by atoms with Crippen LogP contribution >= 0.6 is 0 Å². The quantitative estimate of drug-likeness (QED) is 0.922. The van der Waals surface area contributed by atoms with E-state index in [9.17, 15) is 4.79 Å². The fraction of sp³-hybridized carbons (Fsp3) is 0.688. The van der Waals surface area contributed by atoms with Gasteiger partial charge in [0, 0.05) is 32.3 Å². The van der Waals surface area contributed by atoms with Crippen LogP contribution in [-0.2, 0) is 4.74 Å². The summed E-state index contributed by atoms with van der Waals surface area (Å²) in [7, 11) is 0. The average molecular weight is 304 g/mol. The van der Waals surface area contributed by atoms with E-state index in [2.05, 4.69) is 15.3 Å². The largest absolute Gasteiger partial charge is 0.376 e. The van der Waals surface area contributed by atoms with Crippen LogP contribution in [-0.4, -0.2) is 53.1 Å². The van der Waals surface area contributed by atoms with Gasteiger partial charge >= 0.3 is 0 Å². The topological polar surface area (TPSA) is 67.3 Å². The maximum Gasteiger partial charge on any atom is 0.272 e. The van der Waals surface area contributed by atoms with Gasteiger partial charge in [0.25, 0.3) is 5.91 Å². The molecule has 2 fully saturated rings. The molecule has 1 unspecified atom stereocenters. The first-order chi connectivity index (χ1) is 10.8. The number of amides is 1. The van der Waals surface area contributed by atoms with E-state index in [4.69, 9.17) is 4.74 Å². The van der Waals surface area contributed by atoms with Crippen LogP contribution in [0.4, 0.5) is 5.82 Å². The Balaban J connectivity index is 1.58. The van der Waals surface area contributed by atoms with Crippen molar-refractivity contribution in [1.82, 2.24) is 14.9 Å². The molecule has 1 aromatic rings. The van der Waals surface area contributed by atoms with E-state index in [1.54, 1.807) is 6.07 Å². The molecule has 120 valence electrons. The number of carbonyl (C=O) groups excluding carboxylic acids is 1. The van der Waals surface area contributed by atoms with Gasteiger partial charge in [0.15, 0.2) is 0 Å². The molecule has 0 spiro atoms. The van der Waals surface area contributed by atoms with Crippen molar-refractivity contribution >= 4 is 11.7 Å². The lowest BCUT2D eigenvalue weighted by atomic mass is 10.1. The van der Waals surface area contributed by atoms with Gasteiger partial charge in [-0.1, -0.05) is 0 Å². The summed E-state index contributed by atoms with van der Waals surface area (Å²) in [5, 5.41) is 3.27. The van der Waals surface area contributed by atoms with Gasteiger partial charge in [0.1, 0.15) is 17.8 Å². The van der Waals surface area contributed by atoms with E-state index in [0.29, 0.717) is 11.5 Å². The molecule has 3 rings (SSSR count). The molecule has 0 radical (unpaired) electrons. The smallest absolute Gasteiger partial charge is 0.272 e. The second-order valence-corrected chi connectivity index (χ2v) is 6.01. The Labute approximate surface area is 131 Å². The summed E-state index contributed by atoms with van der Waals surface area (Å²) >= 11 is 0. The second kappa shape index (κ2) is 7.54. The number of anilines is 1. The van der Waals surface area contributed by atoms with E-state index in [0.717, 1.165) is 51.9 Å². The normalized spacial score (nSPS) is 22.4. The van der Waals surface area contributed by atoms with Crippen LogP contribution in [0.5, 0.6) is 0 Å². The van der Waals surface area contributed by atoms with Crippen molar-refractivity contribution in [2.45, 2.75) is 44.6 Å². The van der Waals surface area contributed by atoms with Crippen LogP contribution in [0.25, 0.3) is 0 Å². The minimum Gasteiger partial charge on any atom is -0.376 e. The summed E-state index contributed by atoms with van der Waals surface area (Å²) in [4.78, 5) is 22.7. The number of hydrogen-bond donors (Lipinski definition) is 1. The number of carbonyl (C=O) groups is 1. The molecule has 22 heavy (non-hydrogen) atoms. The standard InChI is InChI=1S/C16H24N4O2/c21-16(20-7-3-1-4-8-20)14-10-15(19-12-18-14)17-11-13-6-2-5-9-22-13/h10,12-13H,1-9,11H2,(H,17,18,19). The lowest BCUT2D eigenvalue weighted by Crippen LogP contribution is -2.36. The molecule has 6 heteroatoms. The number of ether oxygens (including phenoxy) is 1. The van der Waals surface area contributed by atoms with Crippen molar-refractivity contribution in [3.05, 3.63) is 18.1 Å². The Morgan fingerprint density at radius 2 is 2.09 bits per heavy atom. The molecule has 6 nitrogen and oxygen atoms in total. The Hall–Kier alpha value is -1.69. The third-order valence-corrected chi connectivity index (χ3v) is 4.31. The number of aromatic nitrogens is 2. The average Bonchev–Trinajstić information content (AvgIpc) is 2.61. The van der Waals surface area contributed by atoms with E-state index in [1.807, 2.05) is 4.90 Å². The number of nitrogens with one attached hydrogen (secondary N) is 1. The molecule has 1 N–H and O–H groups in total. The molecule has 2 aliphatic heterocycles. The first-order valence-corrected chi connectivity index (χ1v) is 8.30. The highest BCUT2D eigenvalue weighted by molar-refractivity contribution is 5.92. The van der Waals surface area contributed by atoms with Gasteiger partial charge in [-0.3, -0.25) is 4.79 Å². The highest BCUT2D eigenvalue weighted by Crippen LogP contribution is 2.15. The zero-order valence-electron chi connectivity index (χ0n) is 13.0. The van der Waals surface area contributed by atoms with Gasteiger partial charge in [-0.15, -0.1) is 0 Å². The molecule has 3 heterocycles. The SMILES string of the molecule is O=C(c1cc(NCC2CCCCO2)ncn1)N1CCCCC1. The number of piperidine rings is 1. The van der Waals surface area contributed by atoms with Crippen molar-refractivity contribution < 1.29 is 9.53 Å². The zero-order valence-corrected chi connectivity index (χ0v) is 13.0. The van der Waals surface area contributed by atoms with Gasteiger partial charge < -0.3 is 15.0 Å². The van der Waals surface area contributed by atoms with Gasteiger partial charge in [-0.05, 0) is 38.5 Å². The summed E-state index contributed by atoms with van der Waals surface area (Å²) in [5.74, 6) is 0.712. The van der Waals surface area contributed by atoms with Crippen molar-refractivity contribution in [2.75, 3.05) is 31.6 Å². The maximum atomic E-state index is 12.4. The van der Waals surface area contributed by atoms with Crippen LogP contribution in [0.2, 0.25) is 0 Å². The minimum atomic E-state index is 0.0130. The highest BCUT2D eigenvalue weighted by Gasteiger charge is 2.20. The van der Waals surface area contributed by atoms with Gasteiger partial charge in [0.2, 0.25) is 0 Å². The predicted molar refractivity (Wildman–Crippen MR) is 83.9 cm³/mol. The van der Waals surface area contributed by atoms with Gasteiger partial charge in [-0.2, -0.15) is 0 Å². The molecule has 1 atom stereocenters. The van der Waals surface area contributed by atoms with Crippen molar-refractivity contribution in [3.63, 3.8) is 0 Å². The summed E-state index contributed by atoms with van der Waals surface area (Å²) in [6, 6.07) is 1.75. The third-order valence-electron chi connectivity index (χ3n) is 4.31. The maximum absolute atomic E-state index is 12.4. The lowest BCUT2D eigenvalue weighted by molar-refractivity contribution is 0.0247. The van der Waals surface area contributed by atoms with E-state index in [-0.39, 0.29) is 12.0 Å². The van der Waals surface area contributed by atoms with Crippen LogP contribution < -0.4 is 5.32 Å². The van der Waals surface area contributed by atoms with Gasteiger partial charge in [0.05, 0.1) is 6.10 Å². The van der Waals surface area contributed by atoms with Crippen molar-refractivity contribution in [2.24, 2.45) is 0 Å². The van der Waals surface area contributed by atoms with Crippen LogP contribution in [0, 0.1) is 0 Å². The Morgan fingerprint density at radius 3 is 2.86 bits per heavy atom. The number of rotatable bonds is 4. The van der Waals surface area contributed by atoms with Crippen LogP contribution in [0.3, 0.4) is 0 Å². The van der Waals surface area contributed by atoms with Crippen molar-refractivity contribution in [1.29, 1.82) is 0 Å². The second-order valence-electron chi connectivity index (χ2n) is 6.01. The highest BCUT2D eigenvalue weighted by atomic mass is 16.5. The first kappa shape index (κ1) is 15.2. The van der Waals surface area contributed by atoms with Crippen LogP contribution in [0.1, 0.15) is 49.0 Å². The molecule has 0 bridgehead atoms. The Bertz CT molecular complexity index is 497. The summed E-state index contributed by atoms with van der Waals surface area (Å²) < 4.78 is 5.69. The zero-order chi connectivity index (χ0) is 15.2. The Morgan fingerprint density at radius 1 is 1.23 bits per heavy atom. The molecule has 0 saturated carbocycles. The van der Waals surface area contributed by atoms with Crippen molar-refractivity contribution in [3.8, 4) is 0 Å².